The van der Waals surface area contributed by atoms with Gasteiger partial charge in [0.1, 0.15) is 0 Å². The van der Waals surface area contributed by atoms with Crippen LogP contribution in [0.25, 0.3) is 0 Å². The standard InChI is InChI=1S/C14H15NO3S/c16-13(15-5-7-19-8-6-15)12-9-10-3-1-2-4-11(10)14(17)18-12/h1-4,12H,5-9H2/t12-/m1/s1. The highest BCUT2D eigenvalue weighted by Crippen LogP contribution is 2.22. The summed E-state index contributed by atoms with van der Waals surface area (Å²) < 4.78 is 5.29. The van der Waals surface area contributed by atoms with Crippen molar-refractivity contribution in [3.8, 4) is 0 Å². The van der Waals surface area contributed by atoms with E-state index in [0.717, 1.165) is 30.2 Å². The van der Waals surface area contributed by atoms with Crippen LogP contribution in [-0.4, -0.2) is 47.5 Å². The third kappa shape index (κ3) is 2.47. The van der Waals surface area contributed by atoms with Gasteiger partial charge in [0.2, 0.25) is 0 Å². The van der Waals surface area contributed by atoms with E-state index >= 15 is 0 Å². The van der Waals surface area contributed by atoms with Crippen LogP contribution in [0.5, 0.6) is 0 Å². The molecule has 1 fully saturated rings. The molecule has 2 aliphatic heterocycles. The van der Waals surface area contributed by atoms with Crippen molar-refractivity contribution in [2.75, 3.05) is 24.6 Å². The zero-order valence-electron chi connectivity index (χ0n) is 10.5. The molecule has 100 valence electrons. The van der Waals surface area contributed by atoms with Crippen molar-refractivity contribution in [2.45, 2.75) is 12.5 Å². The first-order valence-corrected chi connectivity index (χ1v) is 7.56. The van der Waals surface area contributed by atoms with Crippen LogP contribution in [0, 0.1) is 0 Å². The van der Waals surface area contributed by atoms with Crippen molar-refractivity contribution in [1.29, 1.82) is 0 Å². The molecule has 0 bridgehead atoms. The number of nitrogens with zero attached hydrogens (tertiary/aromatic N) is 1. The van der Waals surface area contributed by atoms with Crippen LogP contribution >= 0.6 is 11.8 Å². The molecule has 0 radical (unpaired) electrons. The highest BCUT2D eigenvalue weighted by Gasteiger charge is 2.34. The number of cyclic esters (lactones) is 1. The second-order valence-corrected chi connectivity index (χ2v) is 5.92. The molecule has 2 heterocycles. The number of esters is 1. The summed E-state index contributed by atoms with van der Waals surface area (Å²) >= 11 is 1.85. The Kier molecular flexibility index (Phi) is 3.46. The Hall–Kier alpha value is -1.49. The van der Waals surface area contributed by atoms with Gasteiger partial charge in [-0.05, 0) is 11.6 Å². The number of carbonyl (C=O) groups excluding carboxylic acids is 2. The number of benzene rings is 1. The van der Waals surface area contributed by atoms with Crippen LogP contribution in [0.15, 0.2) is 24.3 Å². The number of hydrogen-bond acceptors (Lipinski definition) is 4. The Morgan fingerprint density at radius 3 is 2.79 bits per heavy atom. The molecule has 1 amide bonds. The zero-order chi connectivity index (χ0) is 13.2. The van der Waals surface area contributed by atoms with Gasteiger partial charge < -0.3 is 9.64 Å². The molecule has 1 aromatic carbocycles. The Balaban J connectivity index is 1.77. The second kappa shape index (κ2) is 5.25. The minimum absolute atomic E-state index is 0.0526. The Morgan fingerprint density at radius 1 is 1.26 bits per heavy atom. The fraction of sp³-hybridized carbons (Fsp3) is 0.429. The lowest BCUT2D eigenvalue weighted by Gasteiger charge is -2.31. The van der Waals surface area contributed by atoms with Gasteiger partial charge in [-0.3, -0.25) is 4.79 Å². The quantitative estimate of drug-likeness (QED) is 0.727. The maximum atomic E-state index is 12.3. The molecule has 0 unspecified atom stereocenters. The van der Waals surface area contributed by atoms with Crippen LogP contribution in [0.1, 0.15) is 15.9 Å². The summed E-state index contributed by atoms with van der Waals surface area (Å²) in [6.45, 7) is 1.50. The number of fused-ring (bicyclic) bond motifs is 1. The van der Waals surface area contributed by atoms with Gasteiger partial charge in [0.25, 0.3) is 5.91 Å². The maximum Gasteiger partial charge on any atom is 0.339 e. The number of thioether (sulfide) groups is 1. The summed E-state index contributed by atoms with van der Waals surface area (Å²) in [5.74, 6) is 1.49. The summed E-state index contributed by atoms with van der Waals surface area (Å²) in [6, 6.07) is 7.33. The minimum Gasteiger partial charge on any atom is -0.448 e. The highest BCUT2D eigenvalue weighted by molar-refractivity contribution is 7.99. The van der Waals surface area contributed by atoms with Gasteiger partial charge >= 0.3 is 5.97 Å². The average molecular weight is 277 g/mol. The van der Waals surface area contributed by atoms with Gasteiger partial charge in [-0.2, -0.15) is 11.8 Å². The van der Waals surface area contributed by atoms with Crippen LogP contribution < -0.4 is 0 Å². The van der Waals surface area contributed by atoms with Crippen molar-refractivity contribution in [3.63, 3.8) is 0 Å². The fourth-order valence-electron chi connectivity index (χ4n) is 2.46. The molecular weight excluding hydrogens is 262 g/mol. The van der Waals surface area contributed by atoms with E-state index in [1.54, 1.807) is 6.07 Å². The smallest absolute Gasteiger partial charge is 0.339 e. The summed E-state index contributed by atoms with van der Waals surface area (Å²) in [5, 5.41) is 0. The molecule has 1 saturated heterocycles. The molecule has 19 heavy (non-hydrogen) atoms. The van der Waals surface area contributed by atoms with E-state index < -0.39 is 6.10 Å². The summed E-state index contributed by atoms with van der Waals surface area (Å²) in [5.41, 5.74) is 1.49. The van der Waals surface area contributed by atoms with E-state index in [0.29, 0.717) is 12.0 Å². The number of rotatable bonds is 1. The summed E-state index contributed by atoms with van der Waals surface area (Å²) in [4.78, 5) is 26.0. The molecular formula is C14H15NO3S. The SMILES string of the molecule is O=C1O[C@@H](C(=O)N2CCSCC2)Cc2ccccc21. The Morgan fingerprint density at radius 2 is 2.00 bits per heavy atom. The van der Waals surface area contributed by atoms with Gasteiger partial charge in [0.15, 0.2) is 6.10 Å². The van der Waals surface area contributed by atoms with Crippen molar-refractivity contribution >= 4 is 23.6 Å². The van der Waals surface area contributed by atoms with E-state index in [4.69, 9.17) is 4.74 Å². The fourth-order valence-corrected chi connectivity index (χ4v) is 3.36. The Labute approximate surface area is 116 Å². The van der Waals surface area contributed by atoms with Gasteiger partial charge in [0.05, 0.1) is 5.56 Å². The number of amides is 1. The summed E-state index contributed by atoms with van der Waals surface area (Å²) in [7, 11) is 0. The molecule has 0 aliphatic carbocycles. The van der Waals surface area contributed by atoms with Gasteiger partial charge in [-0.15, -0.1) is 0 Å². The largest absolute Gasteiger partial charge is 0.448 e. The first-order chi connectivity index (χ1) is 9.25. The minimum atomic E-state index is -0.648. The first kappa shape index (κ1) is 12.5. The van der Waals surface area contributed by atoms with Crippen molar-refractivity contribution < 1.29 is 14.3 Å². The third-order valence-corrected chi connectivity index (χ3v) is 4.43. The van der Waals surface area contributed by atoms with Crippen molar-refractivity contribution in [2.24, 2.45) is 0 Å². The average Bonchev–Trinajstić information content (AvgIpc) is 2.47. The van der Waals surface area contributed by atoms with Crippen molar-refractivity contribution in [1.82, 2.24) is 4.90 Å². The van der Waals surface area contributed by atoms with E-state index in [1.165, 1.54) is 0 Å². The van der Waals surface area contributed by atoms with Crippen LogP contribution in [-0.2, 0) is 16.0 Å². The van der Waals surface area contributed by atoms with Gasteiger partial charge in [-0.25, -0.2) is 4.79 Å². The molecule has 0 spiro atoms. The Bertz CT molecular complexity index is 511. The topological polar surface area (TPSA) is 46.6 Å². The van der Waals surface area contributed by atoms with Crippen LogP contribution in [0.2, 0.25) is 0 Å². The normalized spacial score (nSPS) is 22.6. The predicted molar refractivity (Wildman–Crippen MR) is 73.3 cm³/mol. The molecule has 0 saturated carbocycles. The monoisotopic (exact) mass is 277 g/mol. The third-order valence-electron chi connectivity index (χ3n) is 3.49. The van der Waals surface area contributed by atoms with Gasteiger partial charge in [0, 0.05) is 31.0 Å². The van der Waals surface area contributed by atoms with Gasteiger partial charge in [-0.1, -0.05) is 18.2 Å². The van der Waals surface area contributed by atoms with Crippen LogP contribution in [0.3, 0.4) is 0 Å². The highest BCUT2D eigenvalue weighted by atomic mass is 32.2. The van der Waals surface area contributed by atoms with E-state index in [-0.39, 0.29) is 11.9 Å². The lowest BCUT2D eigenvalue weighted by atomic mass is 9.98. The second-order valence-electron chi connectivity index (χ2n) is 4.69. The first-order valence-electron chi connectivity index (χ1n) is 6.41. The predicted octanol–water partition coefficient (Wildman–Crippen LogP) is 1.34. The number of ether oxygens (including phenoxy) is 1. The van der Waals surface area contributed by atoms with Crippen LogP contribution in [0.4, 0.5) is 0 Å². The van der Waals surface area contributed by atoms with Crippen molar-refractivity contribution in [3.05, 3.63) is 35.4 Å². The number of hydrogen-bond donors (Lipinski definition) is 0. The lowest BCUT2D eigenvalue weighted by Crippen LogP contribution is -2.47. The van der Waals surface area contributed by atoms with E-state index in [9.17, 15) is 9.59 Å². The molecule has 4 nitrogen and oxygen atoms in total. The molecule has 3 rings (SSSR count). The molecule has 2 aliphatic rings. The van der Waals surface area contributed by atoms with E-state index in [1.807, 2.05) is 34.9 Å². The van der Waals surface area contributed by atoms with E-state index in [2.05, 4.69) is 0 Å². The molecule has 5 heteroatoms. The lowest BCUT2D eigenvalue weighted by molar-refractivity contribution is -0.140. The molecule has 0 N–H and O–H groups in total. The zero-order valence-corrected chi connectivity index (χ0v) is 11.3. The molecule has 1 atom stereocenters. The number of carbonyl (C=O) groups is 2. The molecule has 1 aromatic rings. The summed E-state index contributed by atoms with van der Waals surface area (Å²) in [6.07, 6.45) is -0.157. The maximum absolute atomic E-state index is 12.3. The molecule has 0 aromatic heterocycles.